The molecule has 0 saturated heterocycles. The van der Waals surface area contributed by atoms with Crippen LogP contribution in [0, 0.1) is 0 Å². The summed E-state index contributed by atoms with van der Waals surface area (Å²) in [7, 11) is 1.89. The molecule has 6 nitrogen and oxygen atoms in total. The highest BCUT2D eigenvalue weighted by Crippen LogP contribution is 2.25. The number of rotatable bonds is 15. The topological polar surface area (TPSA) is 73.5 Å². The zero-order valence-corrected chi connectivity index (χ0v) is 25.1. The second kappa shape index (κ2) is 15.9. The minimum absolute atomic E-state index is 0.0669. The summed E-state index contributed by atoms with van der Waals surface area (Å²) in [5.74, 6) is 0.0281. The van der Waals surface area contributed by atoms with Crippen LogP contribution in [0.4, 0.5) is 0 Å². The van der Waals surface area contributed by atoms with Crippen molar-refractivity contribution in [1.82, 2.24) is 20.9 Å². The lowest BCUT2D eigenvalue weighted by Gasteiger charge is -2.29. The number of benzene rings is 4. The molecule has 0 heterocycles. The summed E-state index contributed by atoms with van der Waals surface area (Å²) >= 11 is 0. The summed E-state index contributed by atoms with van der Waals surface area (Å²) in [5.41, 5.74) is 3.00. The highest BCUT2D eigenvalue weighted by Gasteiger charge is 2.25. The van der Waals surface area contributed by atoms with Crippen molar-refractivity contribution in [2.24, 2.45) is 0 Å². The predicted octanol–water partition coefficient (Wildman–Crippen LogP) is 5.60. The number of carbonyl (C=O) groups is 2. The van der Waals surface area contributed by atoms with Gasteiger partial charge in [-0.1, -0.05) is 105 Å². The van der Waals surface area contributed by atoms with Gasteiger partial charge < -0.3 is 20.9 Å². The molecule has 0 aliphatic rings. The molecule has 4 rings (SSSR count). The quantitative estimate of drug-likeness (QED) is 0.165. The molecule has 4 aromatic rings. The molecule has 0 saturated carbocycles. The Bertz CT molecular complexity index is 1370. The van der Waals surface area contributed by atoms with Gasteiger partial charge >= 0.3 is 0 Å². The largest absolute Gasteiger partial charge is 0.351 e. The minimum atomic E-state index is -0.339. The van der Waals surface area contributed by atoms with Crippen molar-refractivity contribution in [3.8, 4) is 0 Å². The molecule has 0 aliphatic heterocycles. The Morgan fingerprint density at radius 1 is 0.714 bits per heavy atom. The lowest BCUT2D eigenvalue weighted by Crippen LogP contribution is -2.48. The summed E-state index contributed by atoms with van der Waals surface area (Å²) in [4.78, 5) is 28.5. The first-order chi connectivity index (χ1) is 20.4. The summed E-state index contributed by atoms with van der Waals surface area (Å²) in [6.07, 6.45) is 1.59. The average molecular weight is 565 g/mol. The normalized spacial score (nSPS) is 12.0. The molecule has 6 heteroatoms. The fourth-order valence-corrected chi connectivity index (χ4v) is 5.27. The van der Waals surface area contributed by atoms with E-state index in [0.717, 1.165) is 23.7 Å². The Morgan fingerprint density at radius 3 is 1.98 bits per heavy atom. The van der Waals surface area contributed by atoms with Gasteiger partial charge in [0.2, 0.25) is 5.91 Å². The standard InChI is InChI=1S/C36H44N4O2/c1-27(2)37-22-12-19-34(38-23-24-39-35(41)32-21-20-28-13-10-11-18-31(28)25-32)36(42)40(3)26-33(29-14-6-4-7-15-29)30-16-8-5-9-17-30/h4-11,13-18,20-21,25,27,33-34,37-38H,12,19,22-24,26H2,1-3H3,(H,39,41)/t34-/m0/s1. The maximum absolute atomic E-state index is 13.8. The molecule has 0 bridgehead atoms. The van der Waals surface area contributed by atoms with E-state index in [4.69, 9.17) is 0 Å². The smallest absolute Gasteiger partial charge is 0.251 e. The van der Waals surface area contributed by atoms with Crippen molar-refractivity contribution < 1.29 is 9.59 Å². The van der Waals surface area contributed by atoms with Crippen molar-refractivity contribution >= 4 is 22.6 Å². The molecule has 0 unspecified atom stereocenters. The third-order valence-electron chi connectivity index (χ3n) is 7.57. The molecule has 0 aromatic heterocycles. The van der Waals surface area contributed by atoms with Crippen LogP contribution < -0.4 is 16.0 Å². The number of hydrogen-bond acceptors (Lipinski definition) is 4. The molecule has 0 fully saturated rings. The van der Waals surface area contributed by atoms with Crippen molar-refractivity contribution in [2.45, 2.75) is 44.7 Å². The van der Waals surface area contributed by atoms with Crippen LogP contribution in [0.25, 0.3) is 10.8 Å². The molecule has 0 spiro atoms. The fraction of sp³-hybridized carbons (Fsp3) is 0.333. The molecule has 3 N–H and O–H groups in total. The molecular weight excluding hydrogens is 520 g/mol. The van der Waals surface area contributed by atoms with Gasteiger partial charge in [0.15, 0.2) is 0 Å². The molecule has 1 atom stereocenters. The van der Waals surface area contributed by atoms with Gasteiger partial charge in [0.25, 0.3) is 5.91 Å². The fourth-order valence-electron chi connectivity index (χ4n) is 5.27. The number of hydrogen-bond donors (Lipinski definition) is 3. The number of fused-ring (bicyclic) bond motifs is 1. The lowest BCUT2D eigenvalue weighted by molar-refractivity contribution is -0.132. The highest BCUT2D eigenvalue weighted by atomic mass is 16.2. The predicted molar refractivity (Wildman–Crippen MR) is 173 cm³/mol. The van der Waals surface area contributed by atoms with Crippen molar-refractivity contribution in [3.63, 3.8) is 0 Å². The maximum atomic E-state index is 13.8. The number of nitrogens with one attached hydrogen (secondary N) is 3. The van der Waals surface area contributed by atoms with Crippen LogP contribution in [0.1, 0.15) is 54.1 Å². The van der Waals surface area contributed by atoms with Crippen LogP contribution >= 0.6 is 0 Å². The number of amides is 2. The van der Waals surface area contributed by atoms with E-state index in [1.54, 1.807) is 0 Å². The monoisotopic (exact) mass is 564 g/mol. The average Bonchev–Trinajstić information content (AvgIpc) is 3.02. The van der Waals surface area contributed by atoms with Crippen molar-refractivity contribution in [1.29, 1.82) is 0 Å². The van der Waals surface area contributed by atoms with E-state index < -0.39 is 0 Å². The van der Waals surface area contributed by atoms with Gasteiger partial charge in [0.1, 0.15) is 0 Å². The van der Waals surface area contributed by atoms with Gasteiger partial charge in [-0.25, -0.2) is 0 Å². The van der Waals surface area contributed by atoms with Crippen LogP contribution in [0.15, 0.2) is 103 Å². The Labute approximate surface area is 250 Å². The Balaban J connectivity index is 1.38. The SMILES string of the molecule is CC(C)NCCC[C@H](NCCNC(=O)c1ccc2ccccc2c1)C(=O)N(C)CC(c1ccccc1)c1ccccc1. The van der Waals surface area contributed by atoms with Gasteiger partial charge in [-0.15, -0.1) is 0 Å². The van der Waals surface area contributed by atoms with Crippen LogP contribution in [0.3, 0.4) is 0 Å². The van der Waals surface area contributed by atoms with E-state index in [1.165, 1.54) is 11.1 Å². The first-order valence-electron chi connectivity index (χ1n) is 15.0. The summed E-state index contributed by atoms with van der Waals surface area (Å²) in [6.45, 7) is 6.61. The second-order valence-electron chi connectivity index (χ2n) is 11.2. The second-order valence-corrected chi connectivity index (χ2v) is 11.2. The van der Waals surface area contributed by atoms with E-state index in [0.29, 0.717) is 37.7 Å². The van der Waals surface area contributed by atoms with Gasteiger partial charge in [-0.2, -0.15) is 0 Å². The summed E-state index contributed by atoms with van der Waals surface area (Å²) in [5, 5.41) is 12.0. The van der Waals surface area contributed by atoms with Crippen molar-refractivity contribution in [3.05, 3.63) is 120 Å². The number of carbonyl (C=O) groups excluding carboxylic acids is 2. The third-order valence-corrected chi connectivity index (χ3v) is 7.57. The summed E-state index contributed by atoms with van der Waals surface area (Å²) < 4.78 is 0. The number of nitrogens with zero attached hydrogens (tertiary/aromatic N) is 1. The molecule has 42 heavy (non-hydrogen) atoms. The van der Waals surface area contributed by atoms with Crippen LogP contribution in [-0.2, 0) is 4.79 Å². The molecule has 220 valence electrons. The van der Waals surface area contributed by atoms with E-state index in [1.807, 2.05) is 90.8 Å². The van der Waals surface area contributed by atoms with Crippen LogP contribution in [0.5, 0.6) is 0 Å². The van der Waals surface area contributed by atoms with Crippen LogP contribution in [-0.4, -0.2) is 62.0 Å². The van der Waals surface area contributed by atoms with E-state index in [9.17, 15) is 9.59 Å². The highest BCUT2D eigenvalue weighted by molar-refractivity contribution is 5.98. The summed E-state index contributed by atoms with van der Waals surface area (Å²) in [6, 6.07) is 34.5. The molecule has 0 radical (unpaired) electrons. The zero-order chi connectivity index (χ0) is 29.7. The molecule has 2 amide bonds. The molecule has 4 aromatic carbocycles. The van der Waals surface area contributed by atoms with Gasteiger partial charge in [0, 0.05) is 44.2 Å². The Hall–Kier alpha value is -4.00. The lowest BCUT2D eigenvalue weighted by atomic mass is 9.90. The van der Waals surface area contributed by atoms with Crippen LogP contribution in [0.2, 0.25) is 0 Å². The first kappa shape index (κ1) is 30.9. The van der Waals surface area contributed by atoms with Crippen molar-refractivity contribution in [2.75, 3.05) is 33.2 Å². The first-order valence-corrected chi connectivity index (χ1v) is 15.0. The van der Waals surface area contributed by atoms with Gasteiger partial charge in [-0.3, -0.25) is 9.59 Å². The van der Waals surface area contributed by atoms with E-state index in [2.05, 4.69) is 54.1 Å². The van der Waals surface area contributed by atoms with E-state index >= 15 is 0 Å². The number of likely N-dealkylation sites (N-methyl/N-ethyl adjacent to an activating group) is 1. The Morgan fingerprint density at radius 2 is 1.33 bits per heavy atom. The maximum Gasteiger partial charge on any atom is 0.251 e. The van der Waals surface area contributed by atoms with Gasteiger partial charge in [-0.05, 0) is 53.4 Å². The minimum Gasteiger partial charge on any atom is -0.351 e. The zero-order valence-electron chi connectivity index (χ0n) is 25.1. The third kappa shape index (κ3) is 9.00. The molecule has 0 aliphatic carbocycles. The molecular formula is C36H44N4O2. The van der Waals surface area contributed by atoms with E-state index in [-0.39, 0.29) is 23.8 Å². The Kier molecular flexibility index (Phi) is 11.7. The van der Waals surface area contributed by atoms with Gasteiger partial charge in [0.05, 0.1) is 6.04 Å².